The summed E-state index contributed by atoms with van der Waals surface area (Å²) in [5, 5.41) is 8.44. The molecule has 10 heteroatoms. The zero-order chi connectivity index (χ0) is 28.7. The van der Waals surface area contributed by atoms with Gasteiger partial charge in [0.1, 0.15) is 11.6 Å². The van der Waals surface area contributed by atoms with Crippen molar-refractivity contribution in [2.75, 3.05) is 11.1 Å². The molecular weight excluding hydrogens is 516 g/mol. The van der Waals surface area contributed by atoms with Gasteiger partial charge in [-0.2, -0.15) is 10.1 Å². The molecular formula is C31H36N8O2. The molecule has 0 spiro atoms. The molecule has 1 fully saturated rings. The minimum atomic E-state index is -0.0734. The molecule has 0 bridgehead atoms. The van der Waals surface area contributed by atoms with E-state index >= 15 is 0 Å². The van der Waals surface area contributed by atoms with Gasteiger partial charge in [-0.15, -0.1) is 0 Å². The number of benzene rings is 1. The number of rotatable bonds is 8. The second-order valence-electron chi connectivity index (χ2n) is 11.7. The Morgan fingerprint density at radius 3 is 2.59 bits per heavy atom. The first-order chi connectivity index (χ1) is 19.7. The number of pyridine rings is 2. The van der Waals surface area contributed by atoms with E-state index in [2.05, 4.69) is 58.9 Å². The first-order valence-corrected chi connectivity index (χ1v) is 13.9. The molecule has 1 aromatic carbocycles. The van der Waals surface area contributed by atoms with Crippen molar-refractivity contribution in [3.8, 4) is 11.5 Å². The summed E-state index contributed by atoms with van der Waals surface area (Å²) < 4.78 is 16.4. The lowest BCUT2D eigenvalue weighted by molar-refractivity contribution is -0.0394. The van der Waals surface area contributed by atoms with E-state index in [9.17, 15) is 0 Å². The Bertz CT molecular complexity index is 1680. The van der Waals surface area contributed by atoms with E-state index in [1.807, 2.05) is 36.7 Å². The van der Waals surface area contributed by atoms with Crippen LogP contribution >= 0.6 is 0 Å². The van der Waals surface area contributed by atoms with Crippen LogP contribution in [-0.4, -0.2) is 35.4 Å². The number of hydrogen-bond acceptors (Lipinski definition) is 8. The highest BCUT2D eigenvalue weighted by molar-refractivity contribution is 5.81. The molecule has 41 heavy (non-hydrogen) atoms. The predicted octanol–water partition coefficient (Wildman–Crippen LogP) is 6.20. The fourth-order valence-electron chi connectivity index (χ4n) is 5.23. The number of hydrogen-bond donors (Lipinski definition) is 2. The molecule has 10 nitrogen and oxygen atoms in total. The lowest BCUT2D eigenvalue weighted by Gasteiger charge is -2.37. The molecule has 0 aliphatic heterocycles. The Hall–Kier alpha value is -4.44. The average Bonchev–Trinajstić information content (AvgIpc) is 3.47. The Balaban J connectivity index is 1.20. The van der Waals surface area contributed by atoms with Crippen LogP contribution in [0.15, 0.2) is 60.9 Å². The lowest BCUT2D eigenvalue weighted by atomic mass is 9.86. The van der Waals surface area contributed by atoms with Crippen LogP contribution in [0, 0.1) is 6.92 Å². The average molecular weight is 553 g/mol. The van der Waals surface area contributed by atoms with E-state index in [1.165, 1.54) is 11.3 Å². The molecule has 0 saturated heterocycles. The maximum absolute atomic E-state index is 6.16. The van der Waals surface area contributed by atoms with Gasteiger partial charge < -0.3 is 25.1 Å². The van der Waals surface area contributed by atoms with Gasteiger partial charge in [0.25, 0.3) is 0 Å². The number of nitrogen functional groups attached to an aromatic ring is 1. The summed E-state index contributed by atoms with van der Waals surface area (Å²) in [6, 6.07) is 16.2. The lowest BCUT2D eigenvalue weighted by Crippen LogP contribution is -2.36. The minimum absolute atomic E-state index is 0.0734. The second-order valence-corrected chi connectivity index (χ2v) is 11.7. The molecule has 0 amide bonds. The molecule has 1 aliphatic carbocycles. The standard InChI is InChI=1S/C31H36N8O2/c1-19-24(41-22-11-12-33-26(32)15-22)17-34-29-28(19)38(5)30(36-29)35-27-16-25(31(2,3)4)39(37-27)21-13-23(14-21)40-18-20-9-7-6-8-10-20/h6-12,15-17,21,23H,13-14,18H2,1-5H3,(H2,32,33)(H,34,35,36,37). The van der Waals surface area contributed by atoms with Gasteiger partial charge in [-0.25, -0.2) is 9.97 Å². The molecule has 1 saturated carbocycles. The van der Waals surface area contributed by atoms with Crippen molar-refractivity contribution in [2.24, 2.45) is 7.05 Å². The summed E-state index contributed by atoms with van der Waals surface area (Å²) >= 11 is 0. The number of ether oxygens (including phenoxy) is 2. The molecule has 4 aromatic heterocycles. The van der Waals surface area contributed by atoms with Gasteiger partial charge in [0.15, 0.2) is 17.2 Å². The van der Waals surface area contributed by atoms with E-state index in [-0.39, 0.29) is 11.5 Å². The normalized spacial score (nSPS) is 17.0. The number of imidazole rings is 1. The number of nitrogens with zero attached hydrogens (tertiary/aromatic N) is 6. The number of fused-ring (bicyclic) bond motifs is 1. The summed E-state index contributed by atoms with van der Waals surface area (Å²) in [6.45, 7) is 9.28. The van der Waals surface area contributed by atoms with Gasteiger partial charge in [-0.1, -0.05) is 51.1 Å². The zero-order valence-electron chi connectivity index (χ0n) is 24.1. The van der Waals surface area contributed by atoms with Crippen LogP contribution < -0.4 is 15.8 Å². The van der Waals surface area contributed by atoms with Crippen LogP contribution in [0.4, 0.5) is 17.6 Å². The fraction of sp³-hybridized carbons (Fsp3) is 0.355. The molecule has 6 rings (SSSR count). The van der Waals surface area contributed by atoms with E-state index in [0.29, 0.717) is 41.6 Å². The minimum Gasteiger partial charge on any atom is -0.455 e. The molecule has 5 aromatic rings. The van der Waals surface area contributed by atoms with Crippen LogP contribution in [0.5, 0.6) is 11.5 Å². The zero-order valence-corrected chi connectivity index (χ0v) is 24.1. The molecule has 1 aliphatic rings. The van der Waals surface area contributed by atoms with Crippen LogP contribution in [0.1, 0.15) is 56.5 Å². The molecule has 0 radical (unpaired) electrons. The monoisotopic (exact) mass is 552 g/mol. The van der Waals surface area contributed by atoms with Gasteiger partial charge >= 0.3 is 0 Å². The summed E-state index contributed by atoms with van der Waals surface area (Å²) in [4.78, 5) is 13.3. The Morgan fingerprint density at radius 1 is 1.07 bits per heavy atom. The van der Waals surface area contributed by atoms with Crippen molar-refractivity contribution >= 4 is 28.7 Å². The Labute approximate surface area is 239 Å². The fourth-order valence-corrected chi connectivity index (χ4v) is 5.23. The quantitative estimate of drug-likeness (QED) is 0.233. The van der Waals surface area contributed by atoms with E-state index < -0.39 is 0 Å². The van der Waals surface area contributed by atoms with Crippen molar-refractivity contribution in [1.29, 1.82) is 0 Å². The van der Waals surface area contributed by atoms with Crippen LogP contribution in [-0.2, 0) is 23.8 Å². The van der Waals surface area contributed by atoms with Gasteiger partial charge in [0.05, 0.1) is 30.5 Å². The van der Waals surface area contributed by atoms with Crippen molar-refractivity contribution in [3.63, 3.8) is 0 Å². The molecule has 0 atom stereocenters. The maximum Gasteiger partial charge on any atom is 0.210 e. The molecule has 4 heterocycles. The summed E-state index contributed by atoms with van der Waals surface area (Å²) in [6.07, 6.45) is 5.42. The smallest absolute Gasteiger partial charge is 0.210 e. The highest BCUT2D eigenvalue weighted by atomic mass is 16.5. The molecule has 3 N–H and O–H groups in total. The summed E-state index contributed by atoms with van der Waals surface area (Å²) in [5.74, 6) is 3.04. The van der Waals surface area contributed by atoms with Crippen LogP contribution in [0.3, 0.4) is 0 Å². The van der Waals surface area contributed by atoms with Gasteiger partial charge in [0.2, 0.25) is 5.95 Å². The molecule has 0 unspecified atom stereocenters. The first-order valence-electron chi connectivity index (χ1n) is 13.9. The Kier molecular flexibility index (Phi) is 6.86. The highest BCUT2D eigenvalue weighted by Crippen LogP contribution is 2.39. The van der Waals surface area contributed by atoms with Crippen LogP contribution in [0.25, 0.3) is 11.2 Å². The van der Waals surface area contributed by atoms with Crippen molar-refractivity contribution < 1.29 is 9.47 Å². The van der Waals surface area contributed by atoms with Gasteiger partial charge in [0, 0.05) is 42.0 Å². The maximum atomic E-state index is 6.16. The van der Waals surface area contributed by atoms with Crippen molar-refractivity contribution in [2.45, 2.75) is 64.7 Å². The van der Waals surface area contributed by atoms with E-state index in [4.69, 9.17) is 25.3 Å². The van der Waals surface area contributed by atoms with Crippen molar-refractivity contribution in [3.05, 3.63) is 77.7 Å². The largest absolute Gasteiger partial charge is 0.455 e. The van der Waals surface area contributed by atoms with E-state index in [1.54, 1.807) is 24.5 Å². The SMILES string of the molecule is Cc1c(Oc2ccnc(N)c2)cnc2nc(Nc3cc(C(C)(C)C)n(C4CC(OCc5ccccc5)C4)n3)n(C)c12. The third-order valence-corrected chi connectivity index (χ3v) is 7.57. The van der Waals surface area contributed by atoms with Crippen molar-refractivity contribution in [1.82, 2.24) is 29.3 Å². The molecule has 212 valence electrons. The number of nitrogens with two attached hydrogens (primary N) is 1. The number of nitrogens with one attached hydrogen (secondary N) is 1. The third-order valence-electron chi connectivity index (χ3n) is 7.57. The topological polar surface area (TPSA) is 118 Å². The number of anilines is 3. The second kappa shape index (κ2) is 10.5. The highest BCUT2D eigenvalue weighted by Gasteiger charge is 2.35. The van der Waals surface area contributed by atoms with Gasteiger partial charge in [-0.3, -0.25) is 4.68 Å². The Morgan fingerprint density at radius 2 is 1.85 bits per heavy atom. The van der Waals surface area contributed by atoms with E-state index in [0.717, 1.165) is 29.7 Å². The van der Waals surface area contributed by atoms with Gasteiger partial charge in [-0.05, 0) is 31.4 Å². The summed E-state index contributed by atoms with van der Waals surface area (Å²) in [5.41, 5.74) is 10.5. The number of aromatic nitrogens is 6. The number of aryl methyl sites for hydroxylation is 2. The van der Waals surface area contributed by atoms with Crippen LogP contribution in [0.2, 0.25) is 0 Å². The third kappa shape index (κ3) is 5.47. The predicted molar refractivity (Wildman–Crippen MR) is 159 cm³/mol. The first kappa shape index (κ1) is 26.8. The summed E-state index contributed by atoms with van der Waals surface area (Å²) in [7, 11) is 1.96.